The first-order valence-electron chi connectivity index (χ1n) is 5.85. The minimum absolute atomic E-state index is 0.0685. The number of carbonyl (C=O) groups excluding carboxylic acids is 1. The summed E-state index contributed by atoms with van der Waals surface area (Å²) in [5, 5.41) is 0. The molecule has 20 heavy (non-hydrogen) atoms. The Kier molecular flexibility index (Phi) is 4.17. The number of benzene rings is 2. The van der Waals surface area contributed by atoms with Crippen LogP contribution in [0.2, 0.25) is 0 Å². The Hall–Kier alpha value is -2.17. The van der Waals surface area contributed by atoms with E-state index in [9.17, 15) is 22.4 Å². The van der Waals surface area contributed by atoms with Gasteiger partial charge in [-0.25, -0.2) is 17.6 Å². The molecular formula is C15H10F4O. The van der Waals surface area contributed by atoms with Gasteiger partial charge in [-0.15, -0.1) is 0 Å². The van der Waals surface area contributed by atoms with E-state index in [1.54, 1.807) is 0 Å². The highest BCUT2D eigenvalue weighted by molar-refractivity contribution is 5.83. The van der Waals surface area contributed by atoms with E-state index in [1.165, 1.54) is 12.1 Å². The molecule has 0 N–H and O–H groups in total. The first-order chi connectivity index (χ1) is 9.45. The zero-order chi connectivity index (χ0) is 14.7. The van der Waals surface area contributed by atoms with Crippen molar-refractivity contribution < 1.29 is 22.4 Å². The number of carbonyl (C=O) groups is 1. The van der Waals surface area contributed by atoms with Crippen molar-refractivity contribution in [3.05, 3.63) is 70.8 Å². The van der Waals surface area contributed by atoms with Gasteiger partial charge in [-0.1, -0.05) is 12.1 Å². The Balaban J connectivity index is 2.07. The van der Waals surface area contributed by atoms with Crippen molar-refractivity contribution in [2.24, 2.45) is 0 Å². The summed E-state index contributed by atoms with van der Waals surface area (Å²) in [5.41, 5.74) is 0.371. The number of rotatable bonds is 4. The minimum atomic E-state index is -1.04. The van der Waals surface area contributed by atoms with Crippen LogP contribution in [0.4, 0.5) is 17.6 Å². The Morgan fingerprint density at radius 1 is 0.800 bits per heavy atom. The van der Waals surface area contributed by atoms with Crippen LogP contribution in [0.5, 0.6) is 0 Å². The van der Waals surface area contributed by atoms with Gasteiger partial charge < -0.3 is 0 Å². The van der Waals surface area contributed by atoms with Crippen LogP contribution in [-0.4, -0.2) is 5.78 Å². The molecule has 0 heterocycles. The maximum Gasteiger partial charge on any atom is 0.159 e. The Bertz CT molecular complexity index is 652. The molecule has 2 rings (SSSR count). The fourth-order valence-corrected chi connectivity index (χ4v) is 1.82. The van der Waals surface area contributed by atoms with Crippen LogP contribution in [0.3, 0.4) is 0 Å². The average molecular weight is 282 g/mol. The molecule has 0 aliphatic heterocycles. The number of hydrogen-bond acceptors (Lipinski definition) is 1. The van der Waals surface area contributed by atoms with E-state index >= 15 is 0 Å². The molecule has 0 spiro atoms. The lowest BCUT2D eigenvalue weighted by Crippen LogP contribution is -2.08. The molecule has 0 aliphatic carbocycles. The standard InChI is InChI=1S/C15H10F4O/c16-11-3-2-10(14(18)8-11)7-12(20)5-9-1-4-13(17)15(19)6-9/h1-4,6,8H,5,7H2. The largest absolute Gasteiger partial charge is 0.299 e. The van der Waals surface area contributed by atoms with Gasteiger partial charge in [0.25, 0.3) is 0 Å². The second-order valence-electron chi connectivity index (χ2n) is 4.38. The molecule has 1 nitrogen and oxygen atoms in total. The number of hydrogen-bond donors (Lipinski definition) is 0. The minimum Gasteiger partial charge on any atom is -0.299 e. The zero-order valence-electron chi connectivity index (χ0n) is 10.3. The van der Waals surface area contributed by atoms with Gasteiger partial charge in [0.2, 0.25) is 0 Å². The van der Waals surface area contributed by atoms with Crippen LogP contribution in [0.15, 0.2) is 36.4 Å². The molecule has 0 aliphatic rings. The van der Waals surface area contributed by atoms with Crippen LogP contribution >= 0.6 is 0 Å². The monoisotopic (exact) mass is 282 g/mol. The molecule has 0 bridgehead atoms. The average Bonchev–Trinajstić information content (AvgIpc) is 2.37. The Morgan fingerprint density at radius 3 is 2.20 bits per heavy atom. The summed E-state index contributed by atoms with van der Waals surface area (Å²) in [4.78, 5) is 11.7. The number of ketones is 1. The summed E-state index contributed by atoms with van der Waals surface area (Å²) in [5.74, 6) is -3.93. The van der Waals surface area contributed by atoms with Crippen molar-refractivity contribution in [3.8, 4) is 0 Å². The van der Waals surface area contributed by atoms with E-state index in [2.05, 4.69) is 0 Å². The van der Waals surface area contributed by atoms with E-state index in [0.29, 0.717) is 11.6 Å². The van der Waals surface area contributed by atoms with Crippen molar-refractivity contribution >= 4 is 5.78 Å². The van der Waals surface area contributed by atoms with E-state index in [0.717, 1.165) is 18.2 Å². The van der Waals surface area contributed by atoms with Crippen molar-refractivity contribution in [1.29, 1.82) is 0 Å². The highest BCUT2D eigenvalue weighted by Crippen LogP contribution is 2.13. The van der Waals surface area contributed by atoms with Crippen LogP contribution in [0.25, 0.3) is 0 Å². The molecule has 2 aromatic carbocycles. The third-order valence-corrected chi connectivity index (χ3v) is 2.79. The summed E-state index contributed by atoms with van der Waals surface area (Å²) in [6, 6.07) is 6.08. The van der Waals surface area contributed by atoms with Gasteiger partial charge in [0.1, 0.15) is 17.4 Å². The lowest BCUT2D eigenvalue weighted by Gasteiger charge is -2.04. The van der Waals surface area contributed by atoms with Crippen molar-refractivity contribution in [3.63, 3.8) is 0 Å². The van der Waals surface area contributed by atoms with Gasteiger partial charge >= 0.3 is 0 Å². The highest BCUT2D eigenvalue weighted by atomic mass is 19.2. The predicted octanol–water partition coefficient (Wildman–Crippen LogP) is 3.60. The molecule has 0 saturated carbocycles. The Labute approximate surface area is 112 Å². The van der Waals surface area contributed by atoms with Gasteiger partial charge in [0.15, 0.2) is 11.6 Å². The first-order valence-corrected chi connectivity index (χ1v) is 5.85. The van der Waals surface area contributed by atoms with Gasteiger partial charge in [-0.05, 0) is 29.3 Å². The summed E-state index contributed by atoms with van der Waals surface area (Å²) in [7, 11) is 0. The predicted molar refractivity (Wildman–Crippen MR) is 65.1 cm³/mol. The maximum absolute atomic E-state index is 13.4. The smallest absolute Gasteiger partial charge is 0.159 e. The maximum atomic E-state index is 13.4. The van der Waals surface area contributed by atoms with Crippen molar-refractivity contribution in [2.45, 2.75) is 12.8 Å². The summed E-state index contributed by atoms with van der Waals surface area (Å²) >= 11 is 0. The fourth-order valence-electron chi connectivity index (χ4n) is 1.82. The quantitative estimate of drug-likeness (QED) is 0.783. The molecule has 0 radical (unpaired) electrons. The van der Waals surface area contributed by atoms with Gasteiger partial charge in [-0.2, -0.15) is 0 Å². The molecule has 0 aromatic heterocycles. The number of Topliss-reactive ketones (excluding diaryl/α,β-unsaturated/α-hetero) is 1. The van der Waals surface area contributed by atoms with Crippen LogP contribution in [0, 0.1) is 23.3 Å². The second kappa shape index (κ2) is 5.86. The van der Waals surface area contributed by atoms with Crippen molar-refractivity contribution in [2.75, 3.05) is 0 Å². The molecule has 0 amide bonds. The number of halogens is 4. The molecule has 0 unspecified atom stereocenters. The van der Waals surface area contributed by atoms with E-state index in [4.69, 9.17) is 0 Å². The van der Waals surface area contributed by atoms with Crippen LogP contribution in [0.1, 0.15) is 11.1 Å². The first kappa shape index (κ1) is 14.2. The van der Waals surface area contributed by atoms with E-state index < -0.39 is 23.3 Å². The normalized spacial score (nSPS) is 10.6. The summed E-state index contributed by atoms with van der Waals surface area (Å²) in [6.07, 6.45) is -0.376. The third kappa shape index (κ3) is 3.44. The second-order valence-corrected chi connectivity index (χ2v) is 4.38. The van der Waals surface area contributed by atoms with Crippen LogP contribution < -0.4 is 0 Å². The lowest BCUT2D eigenvalue weighted by molar-refractivity contribution is -0.117. The topological polar surface area (TPSA) is 17.1 Å². The molecule has 5 heteroatoms. The Morgan fingerprint density at radius 2 is 1.55 bits per heavy atom. The molecule has 104 valence electrons. The fraction of sp³-hybridized carbons (Fsp3) is 0.133. The summed E-state index contributed by atoms with van der Waals surface area (Å²) in [6.45, 7) is 0. The molecule has 0 fully saturated rings. The van der Waals surface area contributed by atoms with Crippen molar-refractivity contribution in [1.82, 2.24) is 0 Å². The highest BCUT2D eigenvalue weighted by Gasteiger charge is 2.11. The SMILES string of the molecule is O=C(Cc1ccc(F)c(F)c1)Cc1ccc(F)cc1F. The van der Waals surface area contributed by atoms with Gasteiger partial charge in [0, 0.05) is 18.9 Å². The van der Waals surface area contributed by atoms with Gasteiger partial charge in [0.05, 0.1) is 0 Å². The van der Waals surface area contributed by atoms with E-state index in [1.807, 2.05) is 0 Å². The molecule has 0 atom stereocenters. The molecule has 0 saturated heterocycles. The molecule has 2 aromatic rings. The van der Waals surface area contributed by atoms with Gasteiger partial charge in [-0.3, -0.25) is 4.79 Å². The van der Waals surface area contributed by atoms with E-state index in [-0.39, 0.29) is 24.2 Å². The molecular weight excluding hydrogens is 272 g/mol. The third-order valence-electron chi connectivity index (χ3n) is 2.79. The lowest BCUT2D eigenvalue weighted by atomic mass is 10.0. The summed E-state index contributed by atoms with van der Waals surface area (Å²) < 4.78 is 51.8. The zero-order valence-corrected chi connectivity index (χ0v) is 10.3. The van der Waals surface area contributed by atoms with Crippen LogP contribution in [-0.2, 0) is 17.6 Å².